The summed E-state index contributed by atoms with van der Waals surface area (Å²) in [5, 5.41) is 9.15. The molecule has 0 aromatic rings. The van der Waals surface area contributed by atoms with E-state index in [2.05, 4.69) is 6.58 Å². The summed E-state index contributed by atoms with van der Waals surface area (Å²) in [6.07, 6.45) is 0.607. The van der Waals surface area contributed by atoms with Gasteiger partial charge in [-0.15, -0.1) is 0 Å². The number of hydrogen-bond donors (Lipinski definition) is 1. The van der Waals surface area contributed by atoms with Crippen LogP contribution in [0.25, 0.3) is 0 Å². The van der Waals surface area contributed by atoms with Crippen LogP contribution in [-0.2, 0) is 19.1 Å². The molecular weight excluding hydrogens is 238 g/mol. The van der Waals surface area contributed by atoms with Gasteiger partial charge in [-0.1, -0.05) is 12.7 Å². The summed E-state index contributed by atoms with van der Waals surface area (Å²) in [5.41, 5.74) is 0. The van der Waals surface area contributed by atoms with Gasteiger partial charge in [0, 0.05) is 13.0 Å². The maximum Gasteiger partial charge on any atom is 0.337 e. The molecule has 1 rings (SSSR count). The predicted molar refractivity (Wildman–Crippen MR) is 62.6 cm³/mol. The van der Waals surface area contributed by atoms with E-state index < -0.39 is 24.0 Å². The first-order valence-corrected chi connectivity index (χ1v) is 5.75. The van der Waals surface area contributed by atoms with Crippen LogP contribution in [-0.4, -0.2) is 53.0 Å². The molecule has 1 N–H and O–H groups in total. The summed E-state index contributed by atoms with van der Waals surface area (Å²) >= 11 is 0. The monoisotopic (exact) mass is 255 g/mol. The molecule has 0 saturated carbocycles. The summed E-state index contributed by atoms with van der Waals surface area (Å²) in [6.45, 7) is 5.06. The first-order valence-electron chi connectivity index (χ1n) is 5.75. The van der Waals surface area contributed by atoms with Gasteiger partial charge in [0.15, 0.2) is 11.8 Å². The molecule has 2 unspecified atom stereocenters. The highest BCUT2D eigenvalue weighted by Gasteiger charge is 2.41. The van der Waals surface area contributed by atoms with Gasteiger partial charge in [-0.2, -0.15) is 0 Å². The van der Waals surface area contributed by atoms with Crippen LogP contribution in [0.1, 0.15) is 19.8 Å². The smallest absolute Gasteiger partial charge is 0.337 e. The number of nitrogens with zero attached hydrogens (tertiary/aromatic N) is 1. The predicted octanol–water partition coefficient (Wildman–Crippen LogP) is -0.343. The van der Waals surface area contributed by atoms with Crippen LogP contribution in [0.4, 0.5) is 0 Å². The molecule has 6 heteroatoms. The summed E-state index contributed by atoms with van der Waals surface area (Å²) in [7, 11) is 0. The van der Waals surface area contributed by atoms with Gasteiger partial charge in [-0.3, -0.25) is 9.59 Å². The van der Waals surface area contributed by atoms with Gasteiger partial charge in [0.05, 0.1) is 12.5 Å². The Hall–Kier alpha value is -1.69. The summed E-state index contributed by atoms with van der Waals surface area (Å²) in [5.74, 6) is -1.49. The van der Waals surface area contributed by atoms with Crippen LogP contribution in [0.5, 0.6) is 0 Å². The van der Waals surface area contributed by atoms with Crippen molar-refractivity contribution in [1.82, 2.24) is 4.90 Å². The summed E-state index contributed by atoms with van der Waals surface area (Å²) in [4.78, 5) is 36.2. The highest BCUT2D eigenvalue weighted by atomic mass is 16.5. The number of esters is 1. The third-order valence-corrected chi connectivity index (χ3v) is 2.57. The van der Waals surface area contributed by atoms with Crippen molar-refractivity contribution < 1.29 is 24.2 Å². The number of carbonyl (C=O) groups is 3. The van der Waals surface area contributed by atoms with Gasteiger partial charge in [0.2, 0.25) is 5.91 Å². The van der Waals surface area contributed by atoms with Crippen molar-refractivity contribution in [2.75, 3.05) is 13.2 Å². The first-order chi connectivity index (χ1) is 8.47. The molecule has 0 spiro atoms. The lowest BCUT2D eigenvalue weighted by Crippen LogP contribution is -2.45. The molecule has 6 nitrogen and oxygen atoms in total. The van der Waals surface area contributed by atoms with E-state index in [1.165, 1.54) is 17.9 Å². The zero-order valence-electron chi connectivity index (χ0n) is 10.3. The molecule has 1 saturated heterocycles. The number of aliphatic hydroxyl groups is 1. The quantitative estimate of drug-likeness (QED) is 0.412. The van der Waals surface area contributed by atoms with E-state index in [1.54, 1.807) is 0 Å². The van der Waals surface area contributed by atoms with Crippen LogP contribution in [0.2, 0.25) is 0 Å². The van der Waals surface area contributed by atoms with Crippen molar-refractivity contribution in [1.29, 1.82) is 0 Å². The van der Waals surface area contributed by atoms with Crippen molar-refractivity contribution in [3.05, 3.63) is 12.7 Å². The van der Waals surface area contributed by atoms with Crippen LogP contribution in [0, 0.1) is 0 Å². The molecule has 1 fully saturated rings. The SMILES string of the molecule is C=CCOC(=O)C1C(=O)CCN1C(=O)CC(C)O. The molecule has 0 aromatic heterocycles. The van der Waals surface area contributed by atoms with E-state index in [-0.39, 0.29) is 31.8 Å². The lowest BCUT2D eigenvalue weighted by Gasteiger charge is -2.22. The average molecular weight is 255 g/mol. The van der Waals surface area contributed by atoms with Gasteiger partial charge >= 0.3 is 5.97 Å². The molecule has 0 radical (unpaired) electrons. The second kappa shape index (κ2) is 6.30. The van der Waals surface area contributed by atoms with Crippen LogP contribution in [0.3, 0.4) is 0 Å². The van der Waals surface area contributed by atoms with Crippen molar-refractivity contribution in [2.24, 2.45) is 0 Å². The number of hydrogen-bond acceptors (Lipinski definition) is 5. The third kappa shape index (κ3) is 3.40. The molecule has 0 aliphatic carbocycles. The van der Waals surface area contributed by atoms with Crippen molar-refractivity contribution in [2.45, 2.75) is 31.9 Å². The maximum absolute atomic E-state index is 11.8. The molecule has 18 heavy (non-hydrogen) atoms. The number of aliphatic hydroxyl groups excluding tert-OH is 1. The van der Waals surface area contributed by atoms with Crippen LogP contribution in [0.15, 0.2) is 12.7 Å². The fraction of sp³-hybridized carbons (Fsp3) is 0.583. The zero-order chi connectivity index (χ0) is 13.7. The number of Topliss-reactive ketones (excluding diaryl/α,β-unsaturated/α-hetero) is 1. The third-order valence-electron chi connectivity index (χ3n) is 2.57. The fourth-order valence-corrected chi connectivity index (χ4v) is 1.79. The van der Waals surface area contributed by atoms with Gasteiger partial charge in [-0.05, 0) is 6.92 Å². The summed E-state index contributed by atoms with van der Waals surface area (Å²) < 4.78 is 4.80. The Morgan fingerprint density at radius 1 is 1.67 bits per heavy atom. The fourth-order valence-electron chi connectivity index (χ4n) is 1.79. The normalized spacial score (nSPS) is 20.7. The minimum Gasteiger partial charge on any atom is -0.460 e. The molecule has 0 aromatic carbocycles. The molecule has 100 valence electrons. The Morgan fingerprint density at radius 2 is 2.33 bits per heavy atom. The largest absolute Gasteiger partial charge is 0.460 e. The Balaban J connectivity index is 2.72. The van der Waals surface area contributed by atoms with E-state index >= 15 is 0 Å². The van der Waals surface area contributed by atoms with Crippen LogP contribution >= 0.6 is 0 Å². The zero-order valence-corrected chi connectivity index (χ0v) is 10.3. The minimum atomic E-state index is -1.17. The topological polar surface area (TPSA) is 83.9 Å². The van der Waals surface area contributed by atoms with Crippen molar-refractivity contribution >= 4 is 17.7 Å². The molecule has 0 bridgehead atoms. The molecule has 1 aliphatic rings. The van der Waals surface area contributed by atoms with Gasteiger partial charge < -0.3 is 14.7 Å². The van der Waals surface area contributed by atoms with E-state index in [1.807, 2.05) is 0 Å². The van der Waals surface area contributed by atoms with Gasteiger partial charge in [0.25, 0.3) is 0 Å². The second-order valence-corrected chi connectivity index (χ2v) is 4.18. The Bertz CT molecular complexity index is 363. The molecule has 1 aliphatic heterocycles. The first kappa shape index (κ1) is 14.4. The number of rotatable bonds is 5. The number of carbonyl (C=O) groups excluding carboxylic acids is 3. The number of likely N-dealkylation sites (tertiary alicyclic amines) is 1. The number of amides is 1. The lowest BCUT2D eigenvalue weighted by molar-refractivity contribution is -0.155. The summed E-state index contributed by atoms with van der Waals surface area (Å²) in [6, 6.07) is -1.17. The molecule has 2 atom stereocenters. The second-order valence-electron chi connectivity index (χ2n) is 4.18. The molecular formula is C12H17NO5. The maximum atomic E-state index is 11.8. The Morgan fingerprint density at radius 3 is 2.89 bits per heavy atom. The van der Waals surface area contributed by atoms with Crippen molar-refractivity contribution in [3.8, 4) is 0 Å². The lowest BCUT2D eigenvalue weighted by atomic mass is 10.2. The minimum absolute atomic E-state index is 0.00104. The molecule has 1 heterocycles. The van der Waals surface area contributed by atoms with E-state index in [0.29, 0.717) is 0 Å². The Labute approximate surface area is 105 Å². The van der Waals surface area contributed by atoms with E-state index in [4.69, 9.17) is 9.84 Å². The van der Waals surface area contributed by atoms with E-state index in [9.17, 15) is 14.4 Å². The van der Waals surface area contributed by atoms with Crippen LogP contribution < -0.4 is 0 Å². The van der Waals surface area contributed by atoms with Gasteiger partial charge in [0.1, 0.15) is 6.61 Å². The highest BCUT2D eigenvalue weighted by molar-refractivity contribution is 6.07. The number of ether oxygens (including phenoxy) is 1. The Kier molecular flexibility index (Phi) is 5.03. The van der Waals surface area contributed by atoms with Gasteiger partial charge in [-0.25, -0.2) is 4.79 Å². The van der Waals surface area contributed by atoms with E-state index in [0.717, 1.165) is 0 Å². The van der Waals surface area contributed by atoms with Crippen molar-refractivity contribution in [3.63, 3.8) is 0 Å². The molecule has 1 amide bonds. The highest BCUT2D eigenvalue weighted by Crippen LogP contribution is 2.17. The standard InChI is InChI=1S/C12H17NO5/c1-3-6-18-12(17)11-9(15)4-5-13(11)10(16)7-8(2)14/h3,8,11,14H,1,4-7H2,2H3. The number of ketones is 1. The average Bonchev–Trinajstić information content (AvgIpc) is 2.67.